The summed E-state index contributed by atoms with van der Waals surface area (Å²) >= 11 is 0. The van der Waals surface area contributed by atoms with Gasteiger partial charge in [-0.05, 0) is 55.3 Å². The second-order valence-electron chi connectivity index (χ2n) is 8.22. The molecule has 0 bridgehead atoms. The van der Waals surface area contributed by atoms with E-state index in [1.54, 1.807) is 12.1 Å². The van der Waals surface area contributed by atoms with Gasteiger partial charge in [-0.3, -0.25) is 9.80 Å². The molecule has 1 aliphatic rings. The summed E-state index contributed by atoms with van der Waals surface area (Å²) in [6, 6.07) is 18.6. The van der Waals surface area contributed by atoms with Gasteiger partial charge in [0.25, 0.3) is 0 Å². The van der Waals surface area contributed by atoms with Crippen LogP contribution < -0.4 is 5.32 Å². The molecule has 160 valence electrons. The maximum Gasteiger partial charge on any atom is 0.115 e. The fourth-order valence-electron chi connectivity index (χ4n) is 3.91. The lowest BCUT2D eigenvalue weighted by atomic mass is 9.96. The van der Waals surface area contributed by atoms with E-state index in [2.05, 4.69) is 78.6 Å². The number of hydrogen-bond acceptors (Lipinski definition) is 4. The smallest absolute Gasteiger partial charge is 0.115 e. The fourth-order valence-corrected chi connectivity index (χ4v) is 3.91. The Kier molecular flexibility index (Phi) is 8.12. The minimum Gasteiger partial charge on any atom is -0.508 e. The Balaban J connectivity index is 1.63. The first-order valence-corrected chi connectivity index (χ1v) is 10.9. The van der Waals surface area contributed by atoms with Crippen LogP contribution in [0, 0.1) is 0 Å². The minimum atomic E-state index is 0.217. The summed E-state index contributed by atoms with van der Waals surface area (Å²) in [5, 5.41) is 13.0. The minimum absolute atomic E-state index is 0.217. The molecule has 2 N–H and O–H groups in total. The summed E-state index contributed by atoms with van der Waals surface area (Å²) in [5.74, 6) is 0.315. The van der Waals surface area contributed by atoms with Gasteiger partial charge in [0.05, 0.1) is 6.04 Å². The van der Waals surface area contributed by atoms with Gasteiger partial charge in [0, 0.05) is 38.9 Å². The monoisotopic (exact) mass is 405 g/mol. The number of nitrogens with one attached hydrogen (secondary N) is 1. The van der Waals surface area contributed by atoms with Gasteiger partial charge in [0.2, 0.25) is 0 Å². The number of nitrogens with zero attached hydrogens (tertiary/aromatic N) is 2. The molecule has 0 radical (unpaired) electrons. The highest BCUT2D eigenvalue weighted by Crippen LogP contribution is 2.30. The molecule has 4 nitrogen and oxygen atoms in total. The van der Waals surface area contributed by atoms with E-state index in [-0.39, 0.29) is 6.04 Å². The summed E-state index contributed by atoms with van der Waals surface area (Å²) in [7, 11) is 0. The van der Waals surface area contributed by atoms with Crippen LogP contribution in [0.15, 0.2) is 78.1 Å². The Morgan fingerprint density at radius 3 is 2.13 bits per heavy atom. The van der Waals surface area contributed by atoms with Gasteiger partial charge < -0.3 is 10.4 Å². The average molecular weight is 406 g/mol. The van der Waals surface area contributed by atoms with E-state index in [0.717, 1.165) is 39.1 Å². The molecular weight excluding hydrogens is 370 g/mol. The van der Waals surface area contributed by atoms with Gasteiger partial charge in [-0.2, -0.15) is 0 Å². The van der Waals surface area contributed by atoms with Gasteiger partial charge in [-0.25, -0.2) is 0 Å². The van der Waals surface area contributed by atoms with Crippen LogP contribution in [-0.2, 0) is 0 Å². The molecule has 4 heteroatoms. The first-order valence-electron chi connectivity index (χ1n) is 10.9. The first kappa shape index (κ1) is 22.1. The molecular formula is C26H35N3O. The Bertz CT molecular complexity index is 834. The van der Waals surface area contributed by atoms with E-state index in [1.807, 2.05) is 12.1 Å². The third-order valence-electron chi connectivity index (χ3n) is 5.79. The molecule has 0 spiro atoms. The van der Waals surface area contributed by atoms with Gasteiger partial charge in [-0.1, -0.05) is 55.0 Å². The van der Waals surface area contributed by atoms with E-state index in [9.17, 15) is 5.11 Å². The Morgan fingerprint density at radius 1 is 0.900 bits per heavy atom. The summed E-state index contributed by atoms with van der Waals surface area (Å²) in [4.78, 5) is 5.09. The van der Waals surface area contributed by atoms with Gasteiger partial charge in [0.1, 0.15) is 5.75 Å². The van der Waals surface area contributed by atoms with Crippen molar-refractivity contribution in [1.82, 2.24) is 15.1 Å². The average Bonchev–Trinajstić information content (AvgIpc) is 2.77. The largest absolute Gasteiger partial charge is 0.508 e. The highest BCUT2D eigenvalue weighted by atomic mass is 16.3. The van der Waals surface area contributed by atoms with Crippen molar-refractivity contribution in [3.63, 3.8) is 0 Å². The number of piperazine rings is 1. The van der Waals surface area contributed by atoms with Crippen molar-refractivity contribution in [3.8, 4) is 5.75 Å². The van der Waals surface area contributed by atoms with Crippen molar-refractivity contribution in [2.45, 2.75) is 33.2 Å². The summed E-state index contributed by atoms with van der Waals surface area (Å²) < 4.78 is 0. The van der Waals surface area contributed by atoms with E-state index < -0.39 is 0 Å². The molecule has 0 amide bonds. The van der Waals surface area contributed by atoms with Crippen LogP contribution in [0.25, 0.3) is 0 Å². The fraction of sp³-hybridized carbons (Fsp3) is 0.385. The second-order valence-corrected chi connectivity index (χ2v) is 8.22. The number of benzene rings is 2. The Labute approximate surface area is 181 Å². The lowest BCUT2D eigenvalue weighted by molar-refractivity contribution is 0.116. The third kappa shape index (κ3) is 6.22. The summed E-state index contributed by atoms with van der Waals surface area (Å²) in [5.41, 5.74) is 5.23. The number of hydrogen-bond donors (Lipinski definition) is 2. The zero-order chi connectivity index (χ0) is 21.3. The van der Waals surface area contributed by atoms with Crippen molar-refractivity contribution in [2.24, 2.45) is 0 Å². The van der Waals surface area contributed by atoms with E-state index in [4.69, 9.17) is 0 Å². The van der Waals surface area contributed by atoms with E-state index in [1.165, 1.54) is 22.3 Å². The topological polar surface area (TPSA) is 38.7 Å². The summed E-state index contributed by atoms with van der Waals surface area (Å²) in [6.45, 7) is 11.7. The molecule has 2 aromatic rings. The van der Waals surface area contributed by atoms with Gasteiger partial charge >= 0.3 is 0 Å². The molecule has 0 aliphatic carbocycles. The standard InChI is InChI=1S/C26H35N3O/c1-4-21(2)18-27-19-22(3)20-28-14-16-29(17-15-28)26(23-8-6-5-7-9-23)24-10-12-25(30)13-11-24/h5-13,18-19,26-27,30H,4,14-17,20H2,1-3H3/b21-18+,22-19+. The van der Waals surface area contributed by atoms with Crippen LogP contribution in [0.3, 0.4) is 0 Å². The molecule has 2 aromatic carbocycles. The molecule has 1 aliphatic heterocycles. The molecule has 1 saturated heterocycles. The van der Waals surface area contributed by atoms with E-state index >= 15 is 0 Å². The quantitative estimate of drug-likeness (QED) is 0.655. The van der Waals surface area contributed by atoms with Crippen molar-refractivity contribution < 1.29 is 5.11 Å². The van der Waals surface area contributed by atoms with Crippen LogP contribution in [0.4, 0.5) is 0 Å². The van der Waals surface area contributed by atoms with Gasteiger partial charge in [0.15, 0.2) is 0 Å². The molecule has 1 heterocycles. The number of allylic oxidation sites excluding steroid dienone is 1. The maximum atomic E-state index is 9.71. The lowest BCUT2D eigenvalue weighted by Crippen LogP contribution is -2.48. The van der Waals surface area contributed by atoms with Crippen LogP contribution in [0.1, 0.15) is 44.4 Å². The van der Waals surface area contributed by atoms with E-state index in [0.29, 0.717) is 5.75 Å². The number of phenols is 1. The van der Waals surface area contributed by atoms with Crippen molar-refractivity contribution in [1.29, 1.82) is 0 Å². The zero-order valence-electron chi connectivity index (χ0n) is 18.5. The molecule has 3 rings (SSSR count). The molecule has 1 atom stereocenters. The molecule has 1 unspecified atom stereocenters. The highest BCUT2D eigenvalue weighted by molar-refractivity contribution is 5.35. The third-order valence-corrected chi connectivity index (χ3v) is 5.79. The Hall–Kier alpha value is -2.56. The zero-order valence-corrected chi connectivity index (χ0v) is 18.5. The van der Waals surface area contributed by atoms with Crippen LogP contribution in [-0.4, -0.2) is 47.6 Å². The normalized spacial score (nSPS) is 17.7. The number of rotatable bonds is 8. The summed E-state index contributed by atoms with van der Waals surface area (Å²) in [6.07, 6.45) is 5.28. The van der Waals surface area contributed by atoms with Crippen LogP contribution >= 0.6 is 0 Å². The lowest BCUT2D eigenvalue weighted by Gasteiger charge is -2.40. The number of aromatic hydroxyl groups is 1. The first-order chi connectivity index (χ1) is 14.6. The number of phenolic OH excluding ortho intramolecular Hbond substituents is 1. The predicted octanol–water partition coefficient (Wildman–Crippen LogP) is 4.91. The molecule has 1 fully saturated rings. The van der Waals surface area contributed by atoms with Crippen LogP contribution in [0.2, 0.25) is 0 Å². The highest BCUT2D eigenvalue weighted by Gasteiger charge is 2.26. The second kappa shape index (κ2) is 11.0. The van der Waals surface area contributed by atoms with Crippen LogP contribution in [0.5, 0.6) is 5.75 Å². The molecule has 0 saturated carbocycles. The maximum absolute atomic E-state index is 9.71. The van der Waals surface area contributed by atoms with Gasteiger partial charge in [-0.15, -0.1) is 0 Å². The van der Waals surface area contributed by atoms with Crippen molar-refractivity contribution in [2.75, 3.05) is 32.7 Å². The SMILES string of the molecule is CC/C(C)=C/N/C=C(\C)CN1CCN(C(c2ccccc2)c2ccc(O)cc2)CC1. The molecule has 30 heavy (non-hydrogen) atoms. The predicted molar refractivity (Wildman–Crippen MR) is 125 cm³/mol. The molecule has 0 aromatic heterocycles. The Morgan fingerprint density at radius 2 is 1.50 bits per heavy atom. The van der Waals surface area contributed by atoms with Crippen molar-refractivity contribution in [3.05, 3.63) is 89.3 Å². The van der Waals surface area contributed by atoms with Crippen molar-refractivity contribution >= 4 is 0 Å².